The minimum absolute atomic E-state index is 0.00138. The second-order valence-electron chi connectivity index (χ2n) is 6.25. The van der Waals surface area contributed by atoms with Crippen molar-refractivity contribution in [1.29, 1.82) is 0 Å². The van der Waals surface area contributed by atoms with Crippen molar-refractivity contribution in [2.45, 2.75) is 50.7 Å². The predicted octanol–water partition coefficient (Wildman–Crippen LogP) is 3.26. The molecule has 1 aliphatic heterocycles. The second kappa shape index (κ2) is 6.26. The molecule has 0 aromatic heterocycles. The molecule has 0 saturated carbocycles. The van der Waals surface area contributed by atoms with Crippen LogP contribution >= 0.6 is 0 Å². The molecule has 1 aromatic carbocycles. The van der Waals surface area contributed by atoms with Crippen molar-refractivity contribution in [3.63, 3.8) is 0 Å². The number of ketones is 1. The Morgan fingerprint density at radius 1 is 1.15 bits per heavy atom. The molecule has 0 radical (unpaired) electrons. The number of alkyl halides is 6. The van der Waals surface area contributed by atoms with Crippen LogP contribution in [0.25, 0.3) is 0 Å². The van der Waals surface area contributed by atoms with Gasteiger partial charge in [0, 0.05) is 17.3 Å². The standard InChI is InChI=1S/C16H15F6NO3/c1-8-5-10-7-11(14(26,15(17,18)19)16(20,21)22)3-4-12(10)23(8)13(25)6-9(2)24/h3-4,7-8,26H,5-6H2,1-2H3. The van der Waals surface area contributed by atoms with E-state index in [1.54, 1.807) is 6.92 Å². The molecule has 0 spiro atoms. The molecular weight excluding hydrogens is 368 g/mol. The smallest absolute Gasteiger partial charge is 0.369 e. The Bertz CT molecular complexity index is 726. The van der Waals surface area contributed by atoms with Gasteiger partial charge in [-0.1, -0.05) is 12.1 Å². The molecule has 1 aliphatic rings. The SMILES string of the molecule is CC(=O)CC(=O)N1c2ccc(C(O)(C(F)(F)F)C(F)(F)F)cc2CC1C. The summed E-state index contributed by atoms with van der Waals surface area (Å²) in [5, 5.41) is 9.47. The molecule has 0 bridgehead atoms. The van der Waals surface area contributed by atoms with E-state index in [1.807, 2.05) is 0 Å². The van der Waals surface area contributed by atoms with Crippen molar-refractivity contribution in [3.05, 3.63) is 29.3 Å². The lowest BCUT2D eigenvalue weighted by atomic mass is 9.90. The van der Waals surface area contributed by atoms with Crippen molar-refractivity contribution < 1.29 is 41.0 Å². The maximum Gasteiger partial charge on any atom is 0.430 e. The molecule has 26 heavy (non-hydrogen) atoms. The lowest BCUT2D eigenvalue weighted by Gasteiger charge is -2.33. The molecule has 144 valence electrons. The summed E-state index contributed by atoms with van der Waals surface area (Å²) in [5.74, 6) is -1.02. The van der Waals surface area contributed by atoms with Crippen LogP contribution in [0, 0.1) is 0 Å². The molecule has 0 fully saturated rings. The average Bonchev–Trinajstić information content (AvgIpc) is 2.77. The highest BCUT2D eigenvalue weighted by atomic mass is 19.4. The van der Waals surface area contributed by atoms with E-state index in [2.05, 4.69) is 0 Å². The van der Waals surface area contributed by atoms with Gasteiger partial charge in [0.1, 0.15) is 5.78 Å². The van der Waals surface area contributed by atoms with E-state index in [0.717, 1.165) is 6.07 Å². The van der Waals surface area contributed by atoms with Crippen molar-refractivity contribution in [2.24, 2.45) is 0 Å². The van der Waals surface area contributed by atoms with Gasteiger partial charge < -0.3 is 10.0 Å². The zero-order valence-corrected chi connectivity index (χ0v) is 13.7. The molecule has 0 aliphatic carbocycles. The Kier molecular flexibility index (Phi) is 4.86. The highest BCUT2D eigenvalue weighted by Crippen LogP contribution is 2.51. The second-order valence-corrected chi connectivity index (χ2v) is 6.25. The monoisotopic (exact) mass is 383 g/mol. The third kappa shape index (κ3) is 3.17. The van der Waals surface area contributed by atoms with Gasteiger partial charge in [0.15, 0.2) is 0 Å². The van der Waals surface area contributed by atoms with Crippen LogP contribution in [0.15, 0.2) is 18.2 Å². The third-order valence-corrected chi connectivity index (χ3v) is 4.20. The van der Waals surface area contributed by atoms with Crippen molar-refractivity contribution >= 4 is 17.4 Å². The maximum atomic E-state index is 13.0. The lowest BCUT2D eigenvalue weighted by Crippen LogP contribution is -2.53. The number of halogens is 6. The Hall–Kier alpha value is -2.10. The van der Waals surface area contributed by atoms with Gasteiger partial charge in [-0.2, -0.15) is 26.3 Å². The topological polar surface area (TPSA) is 57.6 Å². The van der Waals surface area contributed by atoms with Crippen LogP contribution in [0.4, 0.5) is 32.0 Å². The summed E-state index contributed by atoms with van der Waals surface area (Å²) in [6.07, 6.45) is -12.4. The molecule has 4 nitrogen and oxygen atoms in total. The number of hydrogen-bond acceptors (Lipinski definition) is 3. The predicted molar refractivity (Wildman–Crippen MR) is 78.4 cm³/mol. The largest absolute Gasteiger partial charge is 0.430 e. The number of carbonyl (C=O) groups excluding carboxylic acids is 2. The number of hydrogen-bond donors (Lipinski definition) is 1. The van der Waals surface area contributed by atoms with Crippen molar-refractivity contribution in [1.82, 2.24) is 0 Å². The summed E-state index contributed by atoms with van der Waals surface area (Å²) in [5.41, 5.74) is -6.21. The van der Waals surface area contributed by atoms with Crippen molar-refractivity contribution in [3.8, 4) is 0 Å². The maximum absolute atomic E-state index is 13.0. The molecule has 10 heteroatoms. The molecule has 1 atom stereocenters. The van der Waals surface area contributed by atoms with Gasteiger partial charge in [-0.15, -0.1) is 0 Å². The Morgan fingerprint density at radius 2 is 1.69 bits per heavy atom. The van der Waals surface area contributed by atoms with Crippen LogP contribution in [0.2, 0.25) is 0 Å². The van der Waals surface area contributed by atoms with Gasteiger partial charge in [0.2, 0.25) is 5.91 Å². The minimum Gasteiger partial charge on any atom is -0.369 e. The fraction of sp³-hybridized carbons (Fsp3) is 0.500. The number of rotatable bonds is 3. The first-order valence-corrected chi connectivity index (χ1v) is 7.51. The summed E-state index contributed by atoms with van der Waals surface area (Å²) in [7, 11) is 0. The highest BCUT2D eigenvalue weighted by Gasteiger charge is 2.71. The first kappa shape index (κ1) is 20.2. The van der Waals surface area contributed by atoms with E-state index in [4.69, 9.17) is 0 Å². The van der Waals surface area contributed by atoms with Crippen LogP contribution in [-0.4, -0.2) is 35.2 Å². The van der Waals surface area contributed by atoms with E-state index in [0.29, 0.717) is 12.1 Å². The lowest BCUT2D eigenvalue weighted by molar-refractivity contribution is -0.376. The molecule has 1 amide bonds. The first-order valence-electron chi connectivity index (χ1n) is 7.51. The number of nitrogens with zero attached hydrogens (tertiary/aromatic N) is 1. The number of Topliss-reactive ketones (excluding diaryl/α,β-unsaturated/α-hetero) is 1. The summed E-state index contributed by atoms with van der Waals surface area (Å²) in [6, 6.07) is 1.48. The normalized spacial score (nSPS) is 18.0. The highest BCUT2D eigenvalue weighted by molar-refractivity contribution is 6.06. The van der Waals surface area contributed by atoms with E-state index < -0.39 is 47.7 Å². The van der Waals surface area contributed by atoms with Crippen LogP contribution < -0.4 is 4.90 Å². The molecule has 1 unspecified atom stereocenters. The molecule has 1 aromatic rings. The average molecular weight is 383 g/mol. The zero-order chi connectivity index (χ0) is 20.1. The Labute approximate surface area is 144 Å². The van der Waals surface area contributed by atoms with Crippen LogP contribution in [0.3, 0.4) is 0 Å². The fourth-order valence-electron chi connectivity index (χ4n) is 3.02. The number of aliphatic hydroxyl groups is 1. The van der Waals surface area contributed by atoms with E-state index in [9.17, 15) is 41.0 Å². The number of anilines is 1. The van der Waals surface area contributed by atoms with Gasteiger partial charge >= 0.3 is 12.4 Å². The van der Waals surface area contributed by atoms with Gasteiger partial charge in [0.05, 0.1) is 6.42 Å². The minimum atomic E-state index is -5.98. The Balaban J connectivity index is 2.52. The van der Waals surface area contributed by atoms with E-state index >= 15 is 0 Å². The summed E-state index contributed by atoms with van der Waals surface area (Å²) in [6.45, 7) is 2.74. The van der Waals surface area contributed by atoms with Gasteiger partial charge in [-0.05, 0) is 31.9 Å². The van der Waals surface area contributed by atoms with Crippen LogP contribution in [-0.2, 0) is 21.6 Å². The number of carbonyl (C=O) groups is 2. The van der Waals surface area contributed by atoms with E-state index in [-0.39, 0.29) is 17.7 Å². The van der Waals surface area contributed by atoms with E-state index in [1.165, 1.54) is 11.8 Å². The number of benzene rings is 1. The molecule has 1 heterocycles. The van der Waals surface area contributed by atoms with Crippen molar-refractivity contribution in [2.75, 3.05) is 4.90 Å². The van der Waals surface area contributed by atoms with Crippen LogP contribution in [0.1, 0.15) is 31.4 Å². The first-order chi connectivity index (χ1) is 11.7. The summed E-state index contributed by atoms with van der Waals surface area (Å²) < 4.78 is 77.9. The van der Waals surface area contributed by atoms with Gasteiger partial charge in [-0.25, -0.2) is 0 Å². The summed E-state index contributed by atoms with van der Waals surface area (Å²) in [4.78, 5) is 24.4. The quantitative estimate of drug-likeness (QED) is 0.644. The molecule has 0 saturated heterocycles. The molecule has 2 rings (SSSR count). The van der Waals surface area contributed by atoms with Crippen LogP contribution in [0.5, 0.6) is 0 Å². The Morgan fingerprint density at radius 3 is 2.15 bits per heavy atom. The number of fused-ring (bicyclic) bond motifs is 1. The summed E-state index contributed by atoms with van der Waals surface area (Å²) >= 11 is 0. The zero-order valence-electron chi connectivity index (χ0n) is 13.7. The molecule has 1 N–H and O–H groups in total. The third-order valence-electron chi connectivity index (χ3n) is 4.20. The number of amides is 1. The molecular formula is C16H15F6NO3. The van der Waals surface area contributed by atoms with Gasteiger partial charge in [0.25, 0.3) is 5.60 Å². The van der Waals surface area contributed by atoms with Gasteiger partial charge in [-0.3, -0.25) is 9.59 Å². The fourth-order valence-corrected chi connectivity index (χ4v) is 3.02.